The first-order chi connectivity index (χ1) is 13.0. The van der Waals surface area contributed by atoms with Gasteiger partial charge in [-0.05, 0) is 24.6 Å². The van der Waals surface area contributed by atoms with Gasteiger partial charge in [-0.2, -0.15) is 15.2 Å². The molecule has 0 amide bonds. The van der Waals surface area contributed by atoms with Crippen molar-refractivity contribution < 1.29 is 9.47 Å². The van der Waals surface area contributed by atoms with E-state index in [4.69, 9.17) is 9.47 Å². The number of anilines is 2. The predicted octanol–water partition coefficient (Wildman–Crippen LogP) is 3.99. The first-order valence-corrected chi connectivity index (χ1v) is 8.97. The summed E-state index contributed by atoms with van der Waals surface area (Å²) < 4.78 is 11.7. The van der Waals surface area contributed by atoms with E-state index in [1.54, 1.807) is 13.2 Å². The maximum atomic E-state index is 9.61. The Balaban J connectivity index is 1.98. The fourth-order valence-electron chi connectivity index (χ4n) is 3.26. The van der Waals surface area contributed by atoms with Crippen LogP contribution in [-0.2, 0) is 5.66 Å². The van der Waals surface area contributed by atoms with Crippen molar-refractivity contribution in [3.63, 3.8) is 0 Å². The van der Waals surface area contributed by atoms with Gasteiger partial charge >= 0.3 is 0 Å². The first kappa shape index (κ1) is 17.4. The fraction of sp³-hybridized carbons (Fsp3) is 0.211. The number of hydrogen-bond donors (Lipinski definition) is 2. The summed E-state index contributed by atoms with van der Waals surface area (Å²) >= 11 is 3.46. The third-order valence-corrected chi connectivity index (χ3v) is 5.13. The molecule has 2 aromatic heterocycles. The van der Waals surface area contributed by atoms with E-state index in [1.807, 2.05) is 31.2 Å². The van der Waals surface area contributed by atoms with E-state index in [0.29, 0.717) is 28.5 Å². The van der Waals surface area contributed by atoms with Gasteiger partial charge in [-0.15, -0.1) is 0 Å². The number of nitriles is 1. The minimum absolute atomic E-state index is 0.256. The number of pyridine rings is 2. The number of benzene rings is 1. The Morgan fingerprint density at radius 2 is 1.74 bits per heavy atom. The van der Waals surface area contributed by atoms with Crippen molar-refractivity contribution in [3.05, 3.63) is 45.9 Å². The Morgan fingerprint density at radius 1 is 1.07 bits per heavy atom. The maximum Gasteiger partial charge on any atom is 0.234 e. The summed E-state index contributed by atoms with van der Waals surface area (Å²) in [6.07, 6.45) is 0. The van der Waals surface area contributed by atoms with Gasteiger partial charge in [-0.25, -0.2) is 0 Å². The molecule has 4 rings (SSSR count). The van der Waals surface area contributed by atoms with Crippen LogP contribution < -0.4 is 20.1 Å². The number of ether oxygens (including phenoxy) is 2. The van der Waals surface area contributed by atoms with Crippen LogP contribution in [-0.4, -0.2) is 24.2 Å². The minimum atomic E-state index is -0.661. The lowest BCUT2D eigenvalue weighted by Gasteiger charge is -2.38. The molecule has 27 heavy (non-hydrogen) atoms. The molecule has 0 bridgehead atoms. The normalized spacial score (nSPS) is 17.6. The maximum absolute atomic E-state index is 9.61. The summed E-state index contributed by atoms with van der Waals surface area (Å²) in [6.45, 7) is 2.00. The van der Waals surface area contributed by atoms with Crippen LogP contribution in [0.3, 0.4) is 0 Å². The SMILES string of the molecule is COc1cc2c(C#N)c(OC)nc3c2c(n1)N[C@@](C)(c1ccc(Br)cc1)N3. The highest BCUT2D eigenvalue weighted by atomic mass is 79.9. The van der Waals surface area contributed by atoms with Crippen LogP contribution in [0.15, 0.2) is 34.8 Å². The van der Waals surface area contributed by atoms with E-state index in [1.165, 1.54) is 7.11 Å². The van der Waals surface area contributed by atoms with E-state index in [9.17, 15) is 5.26 Å². The minimum Gasteiger partial charge on any atom is -0.481 e. The summed E-state index contributed by atoms with van der Waals surface area (Å²) in [5.41, 5.74) is 0.680. The molecule has 7 nitrogen and oxygen atoms in total. The number of aromatic nitrogens is 2. The van der Waals surface area contributed by atoms with Crippen LogP contribution in [0.4, 0.5) is 11.6 Å². The summed E-state index contributed by atoms with van der Waals surface area (Å²) in [6, 6.07) is 11.9. The van der Waals surface area contributed by atoms with Gasteiger partial charge in [0, 0.05) is 15.9 Å². The monoisotopic (exact) mass is 425 g/mol. The Hall–Kier alpha value is -3.05. The summed E-state index contributed by atoms with van der Waals surface area (Å²) in [7, 11) is 3.04. The van der Waals surface area contributed by atoms with Crippen molar-refractivity contribution in [3.8, 4) is 17.8 Å². The molecule has 0 saturated heterocycles. The zero-order valence-electron chi connectivity index (χ0n) is 14.9. The van der Waals surface area contributed by atoms with Crippen LogP contribution in [0.25, 0.3) is 10.8 Å². The van der Waals surface area contributed by atoms with Crippen molar-refractivity contribution in [2.24, 2.45) is 0 Å². The lowest BCUT2D eigenvalue weighted by molar-refractivity contribution is 0.395. The number of methoxy groups -OCH3 is 2. The van der Waals surface area contributed by atoms with E-state index in [2.05, 4.69) is 42.6 Å². The lowest BCUT2D eigenvalue weighted by Crippen LogP contribution is -2.43. The average molecular weight is 426 g/mol. The molecule has 2 N–H and O–H groups in total. The molecule has 0 aliphatic carbocycles. The van der Waals surface area contributed by atoms with Gasteiger partial charge in [0.25, 0.3) is 0 Å². The van der Waals surface area contributed by atoms with Gasteiger partial charge in [0.1, 0.15) is 28.9 Å². The van der Waals surface area contributed by atoms with Gasteiger partial charge in [-0.3, -0.25) is 0 Å². The second-order valence-corrected chi connectivity index (χ2v) is 7.19. The third-order valence-electron chi connectivity index (χ3n) is 4.60. The van der Waals surface area contributed by atoms with E-state index < -0.39 is 5.66 Å². The highest BCUT2D eigenvalue weighted by molar-refractivity contribution is 9.10. The van der Waals surface area contributed by atoms with E-state index in [0.717, 1.165) is 15.4 Å². The van der Waals surface area contributed by atoms with Gasteiger partial charge in [0.15, 0.2) is 0 Å². The smallest absolute Gasteiger partial charge is 0.234 e. The van der Waals surface area contributed by atoms with Gasteiger partial charge < -0.3 is 20.1 Å². The average Bonchev–Trinajstić information content (AvgIpc) is 2.67. The van der Waals surface area contributed by atoms with Crippen molar-refractivity contribution >= 4 is 38.3 Å². The molecular formula is C19H16BrN5O2. The molecule has 0 unspecified atom stereocenters. The van der Waals surface area contributed by atoms with E-state index in [-0.39, 0.29) is 5.88 Å². The standard InChI is InChI=1S/C19H16BrN5O2/c1-19(10-4-6-11(20)7-5-10)24-16-15-12(8-14(22-16)26-2)13(9-21)18(27-3)23-17(15)25-19/h4-8H,1-3H3,(H,22,24)(H,23,25)/t19-/m1/s1. The summed E-state index contributed by atoms with van der Waals surface area (Å²) in [5, 5.41) is 17.9. The Morgan fingerprint density at radius 3 is 2.33 bits per heavy atom. The quantitative estimate of drug-likeness (QED) is 0.654. The molecule has 3 heterocycles. The zero-order valence-corrected chi connectivity index (χ0v) is 16.5. The van der Waals surface area contributed by atoms with Crippen molar-refractivity contribution in [2.45, 2.75) is 12.6 Å². The predicted molar refractivity (Wildman–Crippen MR) is 106 cm³/mol. The fourth-order valence-corrected chi connectivity index (χ4v) is 3.52. The second kappa shape index (κ2) is 6.28. The number of nitrogens with zero attached hydrogens (tertiary/aromatic N) is 3. The highest BCUT2D eigenvalue weighted by Crippen LogP contribution is 2.43. The van der Waals surface area contributed by atoms with Gasteiger partial charge in [-0.1, -0.05) is 28.1 Å². The molecule has 1 aliphatic rings. The number of halogens is 1. The van der Waals surface area contributed by atoms with Gasteiger partial charge in [0.2, 0.25) is 11.8 Å². The largest absolute Gasteiger partial charge is 0.481 e. The molecule has 1 aromatic carbocycles. The Bertz CT molecular complexity index is 1080. The van der Waals surface area contributed by atoms with Crippen LogP contribution in [0.2, 0.25) is 0 Å². The molecule has 0 radical (unpaired) electrons. The molecule has 0 saturated carbocycles. The third kappa shape index (κ3) is 2.71. The van der Waals surface area contributed by atoms with Crippen LogP contribution in [0.5, 0.6) is 11.8 Å². The van der Waals surface area contributed by atoms with Crippen LogP contribution in [0, 0.1) is 11.3 Å². The summed E-state index contributed by atoms with van der Waals surface area (Å²) in [5.74, 6) is 1.85. The van der Waals surface area contributed by atoms with Crippen molar-refractivity contribution in [1.82, 2.24) is 9.97 Å². The molecule has 1 atom stereocenters. The summed E-state index contributed by atoms with van der Waals surface area (Å²) in [4.78, 5) is 9.08. The number of rotatable bonds is 3. The molecule has 8 heteroatoms. The van der Waals surface area contributed by atoms with Crippen molar-refractivity contribution in [2.75, 3.05) is 24.9 Å². The van der Waals surface area contributed by atoms with Gasteiger partial charge in [0.05, 0.1) is 19.6 Å². The molecular weight excluding hydrogens is 410 g/mol. The first-order valence-electron chi connectivity index (χ1n) is 8.18. The lowest BCUT2D eigenvalue weighted by atomic mass is 9.97. The zero-order chi connectivity index (χ0) is 19.2. The second-order valence-electron chi connectivity index (χ2n) is 6.27. The number of hydrogen-bond acceptors (Lipinski definition) is 7. The Kier molecular flexibility index (Phi) is 4.04. The van der Waals surface area contributed by atoms with E-state index >= 15 is 0 Å². The Labute approximate surface area is 164 Å². The molecule has 3 aromatic rings. The highest BCUT2D eigenvalue weighted by Gasteiger charge is 2.35. The number of nitrogens with one attached hydrogen (secondary N) is 2. The molecule has 0 spiro atoms. The molecule has 0 fully saturated rings. The topological polar surface area (TPSA) is 92.1 Å². The van der Waals surface area contributed by atoms with Crippen molar-refractivity contribution in [1.29, 1.82) is 5.26 Å². The molecule has 136 valence electrons. The van der Waals surface area contributed by atoms with Crippen LogP contribution >= 0.6 is 15.9 Å². The molecule has 1 aliphatic heterocycles. The van der Waals surface area contributed by atoms with Crippen LogP contribution in [0.1, 0.15) is 18.1 Å².